The topological polar surface area (TPSA) is 279 Å². The number of rotatable bonds is 47. The number of amides is 2. The lowest BCUT2D eigenvalue weighted by atomic mass is 9.67. The Balaban J connectivity index is 0.668. The summed E-state index contributed by atoms with van der Waals surface area (Å²) in [7, 11) is -5.63. The zero-order chi connectivity index (χ0) is 80.6. The molecule has 0 saturated carbocycles. The Morgan fingerprint density at radius 1 is 0.411 bits per heavy atom. The quantitative estimate of drug-likeness (QED) is 0.0222. The van der Waals surface area contributed by atoms with E-state index in [1.165, 1.54) is 0 Å². The highest BCUT2D eigenvalue weighted by atomic mass is 35.5. The molecule has 3 atom stereocenters. The summed E-state index contributed by atoms with van der Waals surface area (Å²) in [5.41, 5.74) is 7.75. The van der Waals surface area contributed by atoms with E-state index in [9.17, 15) is 39.6 Å². The van der Waals surface area contributed by atoms with Crippen molar-refractivity contribution in [3.8, 4) is 0 Å². The number of carbonyl (C=O) groups excluding carboxylic acids is 3. The minimum Gasteiger partial charge on any atom is -0.379 e. The Bertz CT molecular complexity index is 4080. The molecule has 0 radical (unpaired) electrons. The van der Waals surface area contributed by atoms with Crippen LogP contribution in [0.4, 0.5) is 0 Å². The van der Waals surface area contributed by atoms with E-state index in [1.54, 1.807) is 72.8 Å². The van der Waals surface area contributed by atoms with Crippen molar-refractivity contribution in [2.24, 2.45) is 11.3 Å². The lowest BCUT2D eigenvalue weighted by molar-refractivity contribution is -0.122. The van der Waals surface area contributed by atoms with Gasteiger partial charge in [-0.25, -0.2) is 39.4 Å². The molecule has 3 aliphatic rings. The molecule has 0 bridgehead atoms. The van der Waals surface area contributed by atoms with Gasteiger partial charge < -0.3 is 53.8 Å². The summed E-state index contributed by atoms with van der Waals surface area (Å²) in [4.78, 5) is 47.3. The molecule has 0 unspecified atom stereocenters. The van der Waals surface area contributed by atoms with Crippen molar-refractivity contribution in [2.45, 2.75) is 117 Å². The van der Waals surface area contributed by atoms with Gasteiger partial charge >= 0.3 is 0 Å². The second-order valence-electron chi connectivity index (χ2n) is 29.1. The number of nitrogens with zero attached hydrogens (tertiary/aromatic N) is 3. The maximum atomic E-state index is 13.5. The van der Waals surface area contributed by atoms with Crippen molar-refractivity contribution in [1.29, 1.82) is 0 Å². The summed E-state index contributed by atoms with van der Waals surface area (Å²) < 4.78 is 123. The maximum absolute atomic E-state index is 13.5. The van der Waals surface area contributed by atoms with E-state index in [1.807, 2.05) is 71.4 Å². The highest BCUT2D eigenvalue weighted by Gasteiger charge is 2.36. The first kappa shape index (κ1) is 90.9. The van der Waals surface area contributed by atoms with Crippen molar-refractivity contribution in [3.63, 3.8) is 0 Å². The van der Waals surface area contributed by atoms with Crippen LogP contribution in [0.2, 0.25) is 30.1 Å². The number of benzene rings is 6. The number of Topliss-reactive ketones (excluding diaryl/α,β-unsaturated/α-hetero) is 1. The molecule has 32 heteroatoms. The first-order chi connectivity index (χ1) is 53.5. The molecule has 0 saturated heterocycles. The van der Waals surface area contributed by atoms with E-state index in [4.69, 9.17) is 98.0 Å². The van der Waals surface area contributed by atoms with Crippen molar-refractivity contribution >= 4 is 117 Å². The second kappa shape index (κ2) is 44.0. The van der Waals surface area contributed by atoms with Crippen LogP contribution in [0.3, 0.4) is 0 Å². The lowest BCUT2D eigenvalue weighted by Gasteiger charge is -2.38. The van der Waals surface area contributed by atoms with Gasteiger partial charge in [0, 0.05) is 152 Å². The van der Waals surface area contributed by atoms with E-state index in [0.717, 1.165) is 50.1 Å². The van der Waals surface area contributed by atoms with Crippen LogP contribution >= 0.6 is 69.6 Å². The van der Waals surface area contributed by atoms with Gasteiger partial charge in [-0.1, -0.05) is 120 Å². The van der Waals surface area contributed by atoms with Gasteiger partial charge in [-0.3, -0.25) is 14.4 Å². The average molecular weight is 1730 g/mol. The monoisotopic (exact) mass is 1720 g/mol. The van der Waals surface area contributed by atoms with Crippen LogP contribution in [0.5, 0.6) is 0 Å². The fourth-order valence-corrected chi connectivity index (χ4v) is 19.5. The third kappa shape index (κ3) is 27.0. The first-order valence-electron chi connectivity index (χ1n) is 37.8. The van der Waals surface area contributed by atoms with Crippen molar-refractivity contribution in [1.82, 2.24) is 39.5 Å². The minimum atomic E-state index is -3.87. The molecule has 6 aromatic carbocycles. The number of carbonyl (C=O) groups is 3. The fourth-order valence-electron chi connectivity index (χ4n) is 14.6. The molecule has 0 fully saturated rings. The maximum Gasteiger partial charge on any atom is 0.240 e. The van der Waals surface area contributed by atoms with Gasteiger partial charge in [0.05, 0.1) is 87.4 Å². The zero-order valence-electron chi connectivity index (χ0n) is 64.1. The predicted octanol–water partition coefficient (Wildman–Crippen LogP) is 12.2. The smallest absolute Gasteiger partial charge is 0.240 e. The van der Waals surface area contributed by atoms with Crippen LogP contribution in [0, 0.1) is 11.3 Å². The van der Waals surface area contributed by atoms with E-state index in [2.05, 4.69) is 39.5 Å². The van der Waals surface area contributed by atoms with Gasteiger partial charge in [-0.15, -0.1) is 0 Å². The summed E-state index contributed by atoms with van der Waals surface area (Å²) in [6.45, 7) is 10.8. The molecule has 5 N–H and O–H groups in total. The van der Waals surface area contributed by atoms with E-state index in [0.29, 0.717) is 102 Å². The third-order valence-electron chi connectivity index (χ3n) is 20.6. The Kier molecular flexibility index (Phi) is 35.7. The first-order valence-corrected chi connectivity index (χ1v) is 44.5. The number of fused-ring (bicyclic) bond motifs is 3. The highest BCUT2D eigenvalue weighted by molar-refractivity contribution is 7.90. The molecule has 0 aliphatic carbocycles. The summed E-state index contributed by atoms with van der Waals surface area (Å²) in [6.07, 6.45) is 2.49. The van der Waals surface area contributed by atoms with Crippen LogP contribution < -0.4 is 24.8 Å². The van der Waals surface area contributed by atoms with Crippen LogP contribution in [0.1, 0.15) is 133 Å². The van der Waals surface area contributed by atoms with Gasteiger partial charge in [-0.2, -0.15) is 0 Å². The molecule has 0 spiro atoms. The molecule has 2 amide bonds. The number of hydrogen-bond donors (Lipinski definition) is 5. The fraction of sp³-hybridized carbons (Fsp3) is 0.512. The molecule has 112 heavy (non-hydrogen) atoms. The standard InChI is InChI=1S/C80H104Cl6N8O15S3/c1-55(2)80(20-17-62(95)13-9-28-104-34-35-107-31-25-89-110(98,99)63-14-6-10-56(40-63)69-49-92(3)52-72-66(69)43-59(81)46-75(72)84,21-18-78(96)87-23-29-105-36-38-108-32-26-90-111(100,101)64-15-7-11-57(41-64)70-50-93(4)53-73-67(70)44-60(82)47-76(73)85)22-19-79(97)88-24-30-106-37-39-109-33-27-91-112(102,103)65-16-8-12-58(42-65)71-51-94(5)54-74-68(71)45-61(83)48-77(74)86/h6-8,10-12,14-16,40-48,55,69-71,89-91H,9,13,17-39,49-54H2,1-5H3,(H,87,96)(H,88,97)/t69-,70-,71-/m0/s1. The van der Waals surface area contributed by atoms with Crippen molar-refractivity contribution < 1.29 is 68.1 Å². The molecule has 3 heterocycles. The molecule has 6 aromatic rings. The molecule has 614 valence electrons. The Morgan fingerprint density at radius 2 is 0.714 bits per heavy atom. The van der Waals surface area contributed by atoms with Crippen molar-refractivity contribution in [3.05, 3.63) is 189 Å². The van der Waals surface area contributed by atoms with Crippen LogP contribution in [0.25, 0.3) is 0 Å². The SMILES string of the molecule is CC(C)C(CCC(=O)CCCOCCOCCNS(=O)(=O)c1cccc([C@@H]2CN(C)Cc3c(Cl)cc(Cl)cc32)c1)(CCC(=O)NCCOCCOCCNS(=O)(=O)c1cccc([C@@H]2CN(C)Cc3c(Cl)cc(Cl)cc32)c1)CCC(=O)NCCOCCOCCNS(=O)(=O)c1cccc([C@@H]2CN(C)Cc3c(Cl)cc(Cl)cc32)c1. The van der Waals surface area contributed by atoms with Crippen LogP contribution in [-0.2, 0) is 92.5 Å². The Labute approximate surface area is 690 Å². The number of nitrogens with one attached hydrogen (secondary N) is 5. The molecule has 23 nitrogen and oxygen atoms in total. The van der Waals surface area contributed by atoms with Gasteiger partial charge in [0.2, 0.25) is 41.9 Å². The summed E-state index contributed by atoms with van der Waals surface area (Å²) >= 11 is 38.9. The third-order valence-corrected chi connectivity index (χ3v) is 26.7. The Hall–Kier alpha value is -4.96. The van der Waals surface area contributed by atoms with Crippen LogP contribution in [0.15, 0.2) is 124 Å². The van der Waals surface area contributed by atoms with E-state index < -0.39 is 35.5 Å². The highest BCUT2D eigenvalue weighted by Crippen LogP contribution is 2.45. The van der Waals surface area contributed by atoms with Gasteiger partial charge in [0.25, 0.3) is 0 Å². The Morgan fingerprint density at radius 3 is 1.04 bits per heavy atom. The summed E-state index contributed by atoms with van der Waals surface area (Å²) in [6, 6.07) is 31.5. The number of ether oxygens (including phenoxy) is 6. The van der Waals surface area contributed by atoms with Crippen LogP contribution in [-0.4, -0.2) is 210 Å². The van der Waals surface area contributed by atoms with Gasteiger partial charge in [0.15, 0.2) is 0 Å². The van der Waals surface area contributed by atoms with Gasteiger partial charge in [0.1, 0.15) is 5.78 Å². The summed E-state index contributed by atoms with van der Waals surface area (Å²) in [5.74, 6) is -0.815. The molecule has 3 aliphatic heterocycles. The van der Waals surface area contributed by atoms with E-state index in [-0.39, 0.29) is 187 Å². The number of sulfonamides is 3. The summed E-state index contributed by atoms with van der Waals surface area (Å²) in [5, 5.41) is 9.13. The molecular weight excluding hydrogens is 1620 g/mol. The number of halogens is 6. The number of likely N-dealkylation sites (N-methyl/N-ethyl adjacent to an activating group) is 3. The van der Waals surface area contributed by atoms with Crippen molar-refractivity contribution in [2.75, 3.05) is 153 Å². The van der Waals surface area contributed by atoms with Gasteiger partial charge in [-0.05, 0) is 181 Å². The average Bonchev–Trinajstić information content (AvgIpc) is 0.781. The zero-order valence-corrected chi connectivity index (χ0v) is 71.1. The van der Waals surface area contributed by atoms with E-state index >= 15 is 0 Å². The number of ketones is 1. The number of hydrogen-bond acceptors (Lipinski definition) is 18. The molecule has 9 rings (SSSR count). The second-order valence-corrected chi connectivity index (χ2v) is 36.9. The normalized spacial score (nSPS) is 16.5. The largest absolute Gasteiger partial charge is 0.379 e. The lowest BCUT2D eigenvalue weighted by Crippen LogP contribution is -2.35. The molecular formula is C80H104Cl6N8O15S3. The molecule has 0 aromatic heterocycles. The predicted molar refractivity (Wildman–Crippen MR) is 439 cm³/mol. The minimum absolute atomic E-state index is 0.0178.